The lowest BCUT2D eigenvalue weighted by atomic mass is 9.99. The van der Waals surface area contributed by atoms with E-state index < -0.39 is 37.3 Å². The van der Waals surface area contributed by atoms with Crippen LogP contribution in [0.15, 0.2) is 0 Å². The smallest absolute Gasteiger partial charge is 0.220 e. The highest BCUT2D eigenvalue weighted by Gasteiger charge is 2.44. The van der Waals surface area contributed by atoms with Crippen LogP contribution < -0.4 is 0 Å². The molecule has 0 aromatic heterocycles. The number of hydrogen-bond acceptors (Lipinski definition) is 7. The molecule has 4 N–H and O–H groups in total. The maximum atomic E-state index is 9.78. The maximum absolute atomic E-state index is 9.78. The van der Waals surface area contributed by atoms with Gasteiger partial charge in [-0.05, 0) is 6.42 Å². The highest BCUT2D eigenvalue weighted by atomic mass is 17.2. The Bertz CT molecular complexity index is 314. The lowest BCUT2D eigenvalue weighted by Gasteiger charge is -2.38. The summed E-state index contributed by atoms with van der Waals surface area (Å²) in [5, 5.41) is 38.1. The summed E-state index contributed by atoms with van der Waals surface area (Å²) in [6.45, 7) is 2.11. The molecule has 0 bridgehead atoms. The average Bonchev–Trinajstić information content (AvgIpc) is 2.62. The number of aliphatic hydroxyl groups is 4. The van der Waals surface area contributed by atoms with Crippen LogP contribution in [0.4, 0.5) is 0 Å². The van der Waals surface area contributed by atoms with Crippen LogP contribution in [0, 0.1) is 0 Å². The number of rotatable bonds is 14. The molecule has 1 fully saturated rings. The molecule has 25 heavy (non-hydrogen) atoms. The first-order chi connectivity index (χ1) is 12.1. The Kier molecular flexibility index (Phi) is 12.6. The Hall–Kier alpha value is -0.280. The Morgan fingerprint density at radius 1 is 0.760 bits per heavy atom. The van der Waals surface area contributed by atoms with E-state index in [1.54, 1.807) is 0 Å². The van der Waals surface area contributed by atoms with Gasteiger partial charge in [0.25, 0.3) is 0 Å². The van der Waals surface area contributed by atoms with Crippen molar-refractivity contribution in [3.63, 3.8) is 0 Å². The summed E-state index contributed by atoms with van der Waals surface area (Å²) in [5.74, 6) is 0. The van der Waals surface area contributed by atoms with Crippen LogP contribution in [0.25, 0.3) is 0 Å². The molecule has 150 valence electrons. The standard InChI is InChI=1S/C18H36O7/c1-2-3-4-5-6-7-8-9-10-11-12-23-25-18-17(22)16(21)15(20)14(13-19)24-18/h14-22H,2-13H2,1H3/t14-,15-,16+,17+,18?/m1/s1. The Morgan fingerprint density at radius 2 is 1.32 bits per heavy atom. The molecule has 5 atom stereocenters. The second kappa shape index (κ2) is 13.9. The van der Waals surface area contributed by atoms with E-state index in [1.165, 1.54) is 44.9 Å². The zero-order valence-corrected chi connectivity index (χ0v) is 15.4. The van der Waals surface area contributed by atoms with Gasteiger partial charge in [-0.2, -0.15) is 0 Å². The largest absolute Gasteiger partial charge is 0.394 e. The summed E-state index contributed by atoms with van der Waals surface area (Å²) in [6.07, 6.45) is 5.73. The molecule has 1 heterocycles. The van der Waals surface area contributed by atoms with E-state index >= 15 is 0 Å². The van der Waals surface area contributed by atoms with E-state index in [-0.39, 0.29) is 0 Å². The van der Waals surface area contributed by atoms with Crippen molar-refractivity contribution < 1.29 is 34.9 Å². The third kappa shape index (κ3) is 8.77. The van der Waals surface area contributed by atoms with Gasteiger partial charge in [0.1, 0.15) is 24.4 Å². The third-order valence-corrected chi connectivity index (χ3v) is 4.59. The van der Waals surface area contributed by atoms with Crippen molar-refractivity contribution in [2.75, 3.05) is 13.2 Å². The van der Waals surface area contributed by atoms with Crippen LogP contribution in [0.1, 0.15) is 71.1 Å². The summed E-state index contributed by atoms with van der Waals surface area (Å²) in [6, 6.07) is 0. The van der Waals surface area contributed by atoms with E-state index in [4.69, 9.17) is 19.6 Å². The van der Waals surface area contributed by atoms with Gasteiger partial charge in [0.15, 0.2) is 0 Å². The molecule has 1 rings (SSSR count). The molecule has 7 heteroatoms. The fourth-order valence-electron chi connectivity index (χ4n) is 2.91. The number of ether oxygens (including phenoxy) is 1. The second-order valence-corrected chi connectivity index (χ2v) is 6.80. The van der Waals surface area contributed by atoms with E-state index in [9.17, 15) is 15.3 Å². The topological polar surface area (TPSA) is 109 Å². The van der Waals surface area contributed by atoms with Crippen LogP contribution in [0.3, 0.4) is 0 Å². The van der Waals surface area contributed by atoms with Crippen LogP contribution in [0.5, 0.6) is 0 Å². The summed E-state index contributed by atoms with van der Waals surface area (Å²) >= 11 is 0. The molecule has 1 unspecified atom stereocenters. The molecule has 7 nitrogen and oxygen atoms in total. The molecule has 0 amide bonds. The fourth-order valence-corrected chi connectivity index (χ4v) is 2.91. The normalized spacial score (nSPS) is 29.9. The maximum Gasteiger partial charge on any atom is 0.220 e. The summed E-state index contributed by atoms with van der Waals surface area (Å²) in [4.78, 5) is 10.0. The zero-order valence-electron chi connectivity index (χ0n) is 15.4. The van der Waals surface area contributed by atoms with E-state index in [2.05, 4.69) is 6.92 Å². The molecule has 0 aromatic carbocycles. The lowest BCUT2D eigenvalue weighted by molar-refractivity contribution is -0.425. The molecule has 0 aliphatic carbocycles. The van der Waals surface area contributed by atoms with Crippen LogP contribution in [-0.2, 0) is 14.5 Å². The van der Waals surface area contributed by atoms with Crippen LogP contribution in [-0.4, -0.2) is 64.3 Å². The highest BCUT2D eigenvalue weighted by Crippen LogP contribution is 2.22. The predicted molar refractivity (Wildman–Crippen MR) is 92.6 cm³/mol. The van der Waals surface area contributed by atoms with Gasteiger partial charge >= 0.3 is 0 Å². The summed E-state index contributed by atoms with van der Waals surface area (Å²) in [7, 11) is 0. The molecule has 0 spiro atoms. The van der Waals surface area contributed by atoms with Gasteiger partial charge in [-0.25, -0.2) is 9.78 Å². The first-order valence-electron chi connectivity index (χ1n) is 9.70. The molecule has 0 saturated carbocycles. The zero-order chi connectivity index (χ0) is 18.5. The molecular weight excluding hydrogens is 328 g/mol. The molecule has 1 saturated heterocycles. The summed E-state index contributed by atoms with van der Waals surface area (Å²) in [5.41, 5.74) is 0. The minimum atomic E-state index is -1.45. The van der Waals surface area contributed by atoms with E-state index in [0.717, 1.165) is 19.3 Å². The first-order valence-corrected chi connectivity index (χ1v) is 9.70. The minimum Gasteiger partial charge on any atom is -0.394 e. The van der Waals surface area contributed by atoms with Gasteiger partial charge in [0, 0.05) is 0 Å². The van der Waals surface area contributed by atoms with Crippen molar-refractivity contribution in [1.82, 2.24) is 0 Å². The average molecular weight is 364 g/mol. The number of unbranched alkanes of at least 4 members (excludes halogenated alkanes) is 9. The van der Waals surface area contributed by atoms with E-state index in [0.29, 0.717) is 6.61 Å². The quantitative estimate of drug-likeness (QED) is 0.211. The van der Waals surface area contributed by atoms with Crippen molar-refractivity contribution in [1.29, 1.82) is 0 Å². The lowest BCUT2D eigenvalue weighted by Crippen LogP contribution is -2.59. The van der Waals surface area contributed by atoms with Gasteiger partial charge in [0.05, 0.1) is 13.2 Å². The van der Waals surface area contributed by atoms with Gasteiger partial charge in [0.2, 0.25) is 6.29 Å². The first kappa shape index (κ1) is 22.8. The number of hydrogen-bond donors (Lipinski definition) is 4. The van der Waals surface area contributed by atoms with Crippen molar-refractivity contribution in [2.45, 2.75) is 102 Å². The van der Waals surface area contributed by atoms with Crippen molar-refractivity contribution in [3.8, 4) is 0 Å². The molecular formula is C18H36O7. The Labute approximate surface area is 150 Å². The van der Waals surface area contributed by atoms with E-state index in [1.807, 2.05) is 0 Å². The molecule has 1 aliphatic heterocycles. The van der Waals surface area contributed by atoms with Crippen molar-refractivity contribution >= 4 is 0 Å². The van der Waals surface area contributed by atoms with Crippen LogP contribution in [0.2, 0.25) is 0 Å². The summed E-state index contributed by atoms with van der Waals surface area (Å²) < 4.78 is 5.17. The van der Waals surface area contributed by atoms with Gasteiger partial charge in [-0.15, -0.1) is 0 Å². The van der Waals surface area contributed by atoms with Gasteiger partial charge in [-0.1, -0.05) is 64.7 Å². The monoisotopic (exact) mass is 364 g/mol. The van der Waals surface area contributed by atoms with Crippen molar-refractivity contribution in [3.05, 3.63) is 0 Å². The second-order valence-electron chi connectivity index (χ2n) is 6.80. The number of aliphatic hydroxyl groups excluding tert-OH is 4. The van der Waals surface area contributed by atoms with Gasteiger partial charge in [-0.3, -0.25) is 0 Å². The molecule has 0 radical (unpaired) electrons. The third-order valence-electron chi connectivity index (χ3n) is 4.59. The fraction of sp³-hybridized carbons (Fsp3) is 1.00. The van der Waals surface area contributed by atoms with Crippen molar-refractivity contribution in [2.24, 2.45) is 0 Å². The Balaban J connectivity index is 1.99. The Morgan fingerprint density at radius 3 is 1.88 bits per heavy atom. The minimum absolute atomic E-state index is 0.367. The van der Waals surface area contributed by atoms with Gasteiger partial charge < -0.3 is 25.2 Å². The van der Waals surface area contributed by atoms with Crippen LogP contribution >= 0.6 is 0 Å². The predicted octanol–water partition coefficient (Wildman–Crippen LogP) is 1.66. The SMILES string of the molecule is CCCCCCCCCCCCOOC1O[C@H](CO)[C@@H](O)[C@H](O)[C@@H]1O. The molecule has 0 aromatic rings. The molecule has 1 aliphatic rings. The highest BCUT2D eigenvalue weighted by molar-refractivity contribution is 4.88.